The Bertz CT molecular complexity index is 646. The van der Waals surface area contributed by atoms with Gasteiger partial charge in [-0.1, -0.05) is 29.8 Å². The predicted octanol–water partition coefficient (Wildman–Crippen LogP) is 3.05. The lowest BCUT2D eigenvalue weighted by Gasteiger charge is -2.32. The fourth-order valence-corrected chi connectivity index (χ4v) is 3.12. The van der Waals surface area contributed by atoms with E-state index in [9.17, 15) is 4.79 Å². The van der Waals surface area contributed by atoms with Crippen molar-refractivity contribution < 1.29 is 9.21 Å². The summed E-state index contributed by atoms with van der Waals surface area (Å²) < 4.78 is 5.20. The quantitative estimate of drug-likeness (QED) is 0.887. The van der Waals surface area contributed by atoms with Crippen molar-refractivity contribution in [3.05, 3.63) is 59.5 Å². The highest BCUT2D eigenvalue weighted by molar-refractivity contribution is 5.74. The zero-order chi connectivity index (χ0) is 16.8. The summed E-state index contributed by atoms with van der Waals surface area (Å²) in [5.41, 5.74) is 2.66. The molecule has 0 bridgehead atoms. The number of amides is 2. The SMILES string of the molecule is Cc1cccc(CN2CCC(NC(=O)NCc3ccco3)CC2)c1. The van der Waals surface area contributed by atoms with Crippen LogP contribution in [-0.2, 0) is 13.1 Å². The number of rotatable bonds is 5. The zero-order valence-electron chi connectivity index (χ0n) is 14.1. The standard InChI is InChI=1S/C19H25N3O2/c1-15-4-2-5-16(12-15)14-22-9-7-17(8-10-22)21-19(23)20-13-18-6-3-11-24-18/h2-6,11-12,17H,7-10,13-14H2,1H3,(H2,20,21,23). The molecule has 0 aliphatic carbocycles. The van der Waals surface area contributed by atoms with Crippen LogP contribution in [-0.4, -0.2) is 30.1 Å². The lowest BCUT2D eigenvalue weighted by molar-refractivity contribution is 0.186. The summed E-state index contributed by atoms with van der Waals surface area (Å²) in [5.74, 6) is 0.762. The van der Waals surface area contributed by atoms with E-state index in [2.05, 4.69) is 46.7 Å². The minimum Gasteiger partial charge on any atom is -0.467 e. The monoisotopic (exact) mass is 327 g/mol. The van der Waals surface area contributed by atoms with Gasteiger partial charge in [-0.3, -0.25) is 4.90 Å². The van der Waals surface area contributed by atoms with Crippen molar-refractivity contribution in [1.82, 2.24) is 15.5 Å². The summed E-state index contributed by atoms with van der Waals surface area (Å²) in [6.45, 7) is 5.55. The van der Waals surface area contributed by atoms with Gasteiger partial charge in [0.25, 0.3) is 0 Å². The maximum atomic E-state index is 11.9. The first-order valence-corrected chi connectivity index (χ1v) is 8.54. The molecule has 0 atom stereocenters. The molecule has 128 valence electrons. The first-order chi connectivity index (χ1) is 11.7. The molecule has 24 heavy (non-hydrogen) atoms. The van der Waals surface area contributed by atoms with Crippen LogP contribution in [0.15, 0.2) is 47.1 Å². The van der Waals surface area contributed by atoms with Crippen LogP contribution in [0.5, 0.6) is 0 Å². The molecule has 0 radical (unpaired) electrons. The van der Waals surface area contributed by atoms with Gasteiger partial charge < -0.3 is 15.1 Å². The number of hydrogen-bond acceptors (Lipinski definition) is 3. The third-order valence-electron chi connectivity index (χ3n) is 4.41. The Morgan fingerprint density at radius 3 is 2.79 bits per heavy atom. The molecule has 2 amide bonds. The van der Waals surface area contributed by atoms with Gasteiger partial charge in [0.2, 0.25) is 0 Å². The minimum absolute atomic E-state index is 0.122. The number of carbonyl (C=O) groups excluding carboxylic acids is 1. The van der Waals surface area contributed by atoms with E-state index >= 15 is 0 Å². The molecule has 1 aliphatic heterocycles. The van der Waals surface area contributed by atoms with Gasteiger partial charge in [-0.15, -0.1) is 0 Å². The first kappa shape index (κ1) is 16.6. The number of piperidine rings is 1. The van der Waals surface area contributed by atoms with E-state index in [4.69, 9.17) is 4.42 Å². The van der Waals surface area contributed by atoms with Gasteiger partial charge >= 0.3 is 6.03 Å². The summed E-state index contributed by atoms with van der Waals surface area (Å²) in [6.07, 6.45) is 3.58. The highest BCUT2D eigenvalue weighted by atomic mass is 16.3. The molecule has 5 nitrogen and oxygen atoms in total. The van der Waals surface area contributed by atoms with Crippen molar-refractivity contribution in [2.24, 2.45) is 0 Å². The molecule has 3 rings (SSSR count). The fraction of sp³-hybridized carbons (Fsp3) is 0.421. The van der Waals surface area contributed by atoms with E-state index in [1.54, 1.807) is 6.26 Å². The van der Waals surface area contributed by atoms with E-state index in [1.165, 1.54) is 11.1 Å². The average molecular weight is 327 g/mol. The molecule has 5 heteroatoms. The largest absolute Gasteiger partial charge is 0.467 e. The highest BCUT2D eigenvalue weighted by Crippen LogP contribution is 2.14. The summed E-state index contributed by atoms with van der Waals surface area (Å²) in [7, 11) is 0. The second-order valence-corrected chi connectivity index (χ2v) is 6.45. The highest BCUT2D eigenvalue weighted by Gasteiger charge is 2.20. The van der Waals surface area contributed by atoms with Crippen LogP contribution < -0.4 is 10.6 Å². The van der Waals surface area contributed by atoms with Crippen molar-refractivity contribution in [3.8, 4) is 0 Å². The lowest BCUT2D eigenvalue weighted by Crippen LogP contribution is -2.47. The molecule has 1 saturated heterocycles. The Hall–Kier alpha value is -2.27. The number of aryl methyl sites for hydroxylation is 1. The van der Waals surface area contributed by atoms with Crippen LogP contribution in [0, 0.1) is 6.92 Å². The van der Waals surface area contributed by atoms with Gasteiger partial charge in [0, 0.05) is 25.7 Å². The number of nitrogens with one attached hydrogen (secondary N) is 2. The summed E-state index contributed by atoms with van der Waals surface area (Å²) in [6, 6.07) is 12.5. The van der Waals surface area contributed by atoms with Crippen molar-refractivity contribution in [2.45, 2.75) is 38.9 Å². The summed E-state index contributed by atoms with van der Waals surface area (Å²) in [5, 5.41) is 5.89. The topological polar surface area (TPSA) is 57.5 Å². The molecule has 0 spiro atoms. The molecule has 0 unspecified atom stereocenters. The third-order valence-corrected chi connectivity index (χ3v) is 4.41. The number of furan rings is 1. The Morgan fingerprint density at radius 1 is 1.25 bits per heavy atom. The van der Waals surface area contributed by atoms with Crippen LogP contribution in [0.25, 0.3) is 0 Å². The molecule has 1 aliphatic rings. The molecule has 2 heterocycles. The van der Waals surface area contributed by atoms with E-state index in [1.807, 2.05) is 12.1 Å². The molecule has 1 aromatic carbocycles. The maximum absolute atomic E-state index is 11.9. The number of likely N-dealkylation sites (tertiary alicyclic amines) is 1. The van der Waals surface area contributed by atoms with E-state index in [0.717, 1.165) is 38.2 Å². The molecule has 1 fully saturated rings. The van der Waals surface area contributed by atoms with Gasteiger partial charge in [-0.2, -0.15) is 0 Å². The van der Waals surface area contributed by atoms with Crippen molar-refractivity contribution in [1.29, 1.82) is 0 Å². The first-order valence-electron chi connectivity index (χ1n) is 8.54. The average Bonchev–Trinajstić information content (AvgIpc) is 3.08. The fourth-order valence-electron chi connectivity index (χ4n) is 3.12. The van der Waals surface area contributed by atoms with E-state index in [-0.39, 0.29) is 12.1 Å². The Balaban J connectivity index is 1.38. The number of carbonyl (C=O) groups is 1. The normalized spacial score (nSPS) is 16.0. The number of benzene rings is 1. The van der Waals surface area contributed by atoms with Gasteiger partial charge in [0.15, 0.2) is 0 Å². The summed E-state index contributed by atoms with van der Waals surface area (Å²) >= 11 is 0. The van der Waals surface area contributed by atoms with Crippen LogP contribution >= 0.6 is 0 Å². The Labute approximate surface area is 143 Å². The van der Waals surface area contributed by atoms with Gasteiger partial charge in [-0.05, 0) is 37.5 Å². The van der Waals surface area contributed by atoms with E-state index in [0.29, 0.717) is 6.54 Å². The van der Waals surface area contributed by atoms with Crippen LogP contribution in [0.4, 0.5) is 4.79 Å². The molecular weight excluding hydrogens is 302 g/mol. The molecule has 1 aromatic heterocycles. The summed E-state index contributed by atoms with van der Waals surface area (Å²) in [4.78, 5) is 14.4. The van der Waals surface area contributed by atoms with Gasteiger partial charge in [0.1, 0.15) is 5.76 Å². The Kier molecular flexibility index (Phi) is 5.54. The van der Waals surface area contributed by atoms with Crippen LogP contribution in [0.2, 0.25) is 0 Å². The van der Waals surface area contributed by atoms with E-state index < -0.39 is 0 Å². The Morgan fingerprint density at radius 2 is 2.08 bits per heavy atom. The molecular formula is C19H25N3O2. The zero-order valence-corrected chi connectivity index (χ0v) is 14.1. The minimum atomic E-state index is -0.122. The maximum Gasteiger partial charge on any atom is 0.315 e. The van der Waals surface area contributed by atoms with Crippen molar-refractivity contribution in [3.63, 3.8) is 0 Å². The van der Waals surface area contributed by atoms with Crippen molar-refractivity contribution in [2.75, 3.05) is 13.1 Å². The van der Waals surface area contributed by atoms with Gasteiger partial charge in [0.05, 0.1) is 12.8 Å². The smallest absolute Gasteiger partial charge is 0.315 e. The van der Waals surface area contributed by atoms with Crippen molar-refractivity contribution >= 4 is 6.03 Å². The van der Waals surface area contributed by atoms with Crippen LogP contribution in [0.3, 0.4) is 0 Å². The second kappa shape index (κ2) is 8.02. The van der Waals surface area contributed by atoms with Crippen LogP contribution in [0.1, 0.15) is 29.7 Å². The number of nitrogens with zero attached hydrogens (tertiary/aromatic N) is 1. The third kappa shape index (κ3) is 4.86. The predicted molar refractivity (Wildman–Crippen MR) is 93.6 cm³/mol. The van der Waals surface area contributed by atoms with Gasteiger partial charge in [-0.25, -0.2) is 4.79 Å². The molecule has 2 aromatic rings. The number of urea groups is 1. The lowest BCUT2D eigenvalue weighted by atomic mass is 10.0. The number of hydrogen-bond donors (Lipinski definition) is 2. The molecule has 2 N–H and O–H groups in total. The molecule has 0 saturated carbocycles. The second-order valence-electron chi connectivity index (χ2n) is 6.45.